The Balaban J connectivity index is 1.66. The smallest absolute Gasteiger partial charge is 0.324 e. The van der Waals surface area contributed by atoms with Crippen molar-refractivity contribution < 1.29 is 19.2 Å². The van der Waals surface area contributed by atoms with Gasteiger partial charge < -0.3 is 9.82 Å². The molecule has 0 unspecified atom stereocenters. The van der Waals surface area contributed by atoms with Gasteiger partial charge in [-0.2, -0.15) is 0 Å². The minimum Gasteiger partial charge on any atom is -0.324 e. The first kappa shape index (κ1) is 16.8. The van der Waals surface area contributed by atoms with Crippen molar-refractivity contribution in [2.24, 2.45) is 0 Å². The van der Waals surface area contributed by atoms with E-state index in [-0.39, 0.29) is 28.4 Å². The number of carbonyl (C=O) groups excluding carboxylic acids is 3. The highest BCUT2D eigenvalue weighted by atomic mass is 16.7. The molecule has 2 heterocycles. The Hall–Kier alpha value is -3.68. The fraction of sp³-hybridized carbons (Fsp3) is 0.158. The van der Waals surface area contributed by atoms with Crippen LogP contribution >= 0.6 is 0 Å². The number of aromatic nitrogens is 2. The van der Waals surface area contributed by atoms with Gasteiger partial charge in [-0.15, -0.1) is 0 Å². The third kappa shape index (κ3) is 2.53. The summed E-state index contributed by atoms with van der Waals surface area (Å²) in [7, 11) is 0. The number of benzene rings is 2. The highest BCUT2D eigenvalue weighted by molar-refractivity contribution is 6.21. The van der Waals surface area contributed by atoms with Crippen molar-refractivity contribution in [1.82, 2.24) is 14.6 Å². The molecule has 0 saturated carbocycles. The van der Waals surface area contributed by atoms with Crippen LogP contribution in [-0.4, -0.2) is 32.4 Å². The Labute approximate surface area is 152 Å². The normalized spacial score (nSPS) is 13.5. The van der Waals surface area contributed by atoms with Crippen LogP contribution < -0.4 is 5.69 Å². The van der Waals surface area contributed by atoms with Gasteiger partial charge in [0.05, 0.1) is 27.7 Å². The van der Waals surface area contributed by atoms with E-state index in [1.165, 1.54) is 28.8 Å². The van der Waals surface area contributed by atoms with Gasteiger partial charge in [-0.05, 0) is 44.2 Å². The standard InChI is InChI=1S/C19H15N3O5/c1-10(2)21-15-9-11(7-8-14(15)20-19(21)26)18(25)27-22-16(23)12-5-3-4-6-13(12)17(22)24/h3-10H,1-2H3,(H,20,26). The topological polar surface area (TPSA) is 101 Å². The summed E-state index contributed by atoms with van der Waals surface area (Å²) in [4.78, 5) is 56.9. The summed E-state index contributed by atoms with van der Waals surface area (Å²) >= 11 is 0. The van der Waals surface area contributed by atoms with Gasteiger partial charge in [-0.3, -0.25) is 14.2 Å². The van der Waals surface area contributed by atoms with Crippen molar-refractivity contribution in [2.75, 3.05) is 0 Å². The summed E-state index contributed by atoms with van der Waals surface area (Å²) in [6, 6.07) is 10.7. The average Bonchev–Trinajstić information content (AvgIpc) is 3.10. The van der Waals surface area contributed by atoms with E-state index in [1.54, 1.807) is 18.2 Å². The van der Waals surface area contributed by atoms with Gasteiger partial charge in [0.15, 0.2) is 0 Å². The molecule has 0 atom stereocenters. The van der Waals surface area contributed by atoms with Crippen molar-refractivity contribution in [2.45, 2.75) is 19.9 Å². The second-order valence-corrected chi connectivity index (χ2v) is 6.45. The van der Waals surface area contributed by atoms with E-state index in [0.29, 0.717) is 16.1 Å². The number of aromatic amines is 1. The number of hydrogen-bond donors (Lipinski definition) is 1. The van der Waals surface area contributed by atoms with Crippen LogP contribution in [0.5, 0.6) is 0 Å². The third-order valence-electron chi connectivity index (χ3n) is 4.40. The number of carbonyl (C=O) groups is 3. The van der Waals surface area contributed by atoms with E-state index in [2.05, 4.69) is 4.98 Å². The third-order valence-corrected chi connectivity index (χ3v) is 4.40. The first-order valence-corrected chi connectivity index (χ1v) is 8.33. The largest absolute Gasteiger partial charge is 0.364 e. The fourth-order valence-electron chi connectivity index (χ4n) is 3.15. The molecule has 1 aromatic heterocycles. The first-order chi connectivity index (χ1) is 12.9. The zero-order valence-corrected chi connectivity index (χ0v) is 14.6. The lowest BCUT2D eigenvalue weighted by Crippen LogP contribution is -2.32. The number of imidazole rings is 1. The minimum absolute atomic E-state index is 0.117. The van der Waals surface area contributed by atoms with Gasteiger partial charge in [0.2, 0.25) is 0 Å². The molecule has 136 valence electrons. The van der Waals surface area contributed by atoms with E-state index in [9.17, 15) is 19.2 Å². The number of H-pyrrole nitrogens is 1. The second-order valence-electron chi connectivity index (χ2n) is 6.45. The lowest BCUT2D eigenvalue weighted by Gasteiger charge is -2.13. The van der Waals surface area contributed by atoms with E-state index in [1.807, 2.05) is 13.8 Å². The van der Waals surface area contributed by atoms with Gasteiger partial charge >= 0.3 is 11.7 Å². The lowest BCUT2D eigenvalue weighted by atomic mass is 10.1. The molecule has 0 fully saturated rings. The van der Waals surface area contributed by atoms with Gasteiger partial charge in [-0.1, -0.05) is 17.2 Å². The zero-order valence-electron chi connectivity index (χ0n) is 14.6. The van der Waals surface area contributed by atoms with E-state index in [0.717, 1.165) is 0 Å². The predicted octanol–water partition coefficient (Wildman–Crippen LogP) is 2.28. The maximum absolute atomic E-state index is 12.5. The molecular weight excluding hydrogens is 350 g/mol. The Morgan fingerprint density at radius 2 is 1.63 bits per heavy atom. The summed E-state index contributed by atoms with van der Waals surface area (Å²) < 4.78 is 1.51. The van der Waals surface area contributed by atoms with Crippen molar-refractivity contribution in [3.8, 4) is 0 Å². The van der Waals surface area contributed by atoms with Gasteiger partial charge in [-0.25, -0.2) is 9.59 Å². The van der Waals surface area contributed by atoms with Crippen LogP contribution in [-0.2, 0) is 4.84 Å². The van der Waals surface area contributed by atoms with Gasteiger partial charge in [0.1, 0.15) is 0 Å². The number of fused-ring (bicyclic) bond motifs is 2. The number of amides is 2. The first-order valence-electron chi connectivity index (χ1n) is 8.33. The number of hydroxylamine groups is 2. The van der Waals surface area contributed by atoms with E-state index in [4.69, 9.17) is 4.84 Å². The zero-order chi connectivity index (χ0) is 19.3. The summed E-state index contributed by atoms with van der Waals surface area (Å²) in [5, 5.41) is 0.462. The Morgan fingerprint density at radius 3 is 2.22 bits per heavy atom. The van der Waals surface area contributed by atoms with Gasteiger partial charge in [0.25, 0.3) is 11.8 Å². The molecule has 2 amide bonds. The molecule has 0 saturated heterocycles. The highest BCUT2D eigenvalue weighted by Crippen LogP contribution is 2.24. The summed E-state index contributed by atoms with van der Waals surface area (Å²) in [5.41, 5.74) is 1.31. The molecule has 8 heteroatoms. The lowest BCUT2D eigenvalue weighted by molar-refractivity contribution is -0.0584. The number of nitrogens with zero attached hydrogens (tertiary/aromatic N) is 2. The van der Waals surface area contributed by atoms with Gasteiger partial charge in [0, 0.05) is 6.04 Å². The quantitative estimate of drug-likeness (QED) is 0.718. The molecule has 0 spiro atoms. The molecule has 1 N–H and O–H groups in total. The molecular formula is C19H15N3O5. The van der Waals surface area contributed by atoms with E-state index >= 15 is 0 Å². The SMILES string of the molecule is CC(C)n1c(=O)[nH]c2ccc(C(=O)ON3C(=O)c4ccccc4C3=O)cc21. The van der Waals surface area contributed by atoms with Crippen LogP contribution in [0.4, 0.5) is 0 Å². The molecule has 0 aliphatic carbocycles. The Kier molecular flexibility index (Phi) is 3.69. The second kappa shape index (κ2) is 5.94. The highest BCUT2D eigenvalue weighted by Gasteiger charge is 2.38. The molecule has 1 aliphatic heterocycles. The Bertz CT molecular complexity index is 1140. The van der Waals surface area contributed by atoms with Crippen molar-refractivity contribution in [3.63, 3.8) is 0 Å². The van der Waals surface area contributed by atoms with Crippen LogP contribution in [0.1, 0.15) is 51.0 Å². The maximum Gasteiger partial charge on any atom is 0.364 e. The molecule has 8 nitrogen and oxygen atoms in total. The molecule has 27 heavy (non-hydrogen) atoms. The monoisotopic (exact) mass is 365 g/mol. The molecule has 4 rings (SSSR count). The van der Waals surface area contributed by atoms with E-state index < -0.39 is 17.8 Å². The predicted molar refractivity (Wildman–Crippen MR) is 95.3 cm³/mol. The van der Waals surface area contributed by atoms with Crippen molar-refractivity contribution in [1.29, 1.82) is 0 Å². The molecule has 2 aromatic carbocycles. The van der Waals surface area contributed by atoms with Crippen LogP contribution in [0.15, 0.2) is 47.3 Å². The van der Waals surface area contributed by atoms with Crippen molar-refractivity contribution >= 4 is 28.8 Å². The molecule has 3 aromatic rings. The van der Waals surface area contributed by atoms with Crippen LogP contribution in [0.25, 0.3) is 11.0 Å². The molecule has 0 radical (unpaired) electrons. The Morgan fingerprint density at radius 1 is 1.00 bits per heavy atom. The number of imide groups is 1. The molecule has 1 aliphatic rings. The summed E-state index contributed by atoms with van der Waals surface area (Å²) in [6.07, 6.45) is 0. The fourth-order valence-corrected chi connectivity index (χ4v) is 3.15. The number of nitrogens with one attached hydrogen (secondary N) is 1. The van der Waals surface area contributed by atoms with Crippen LogP contribution in [0.2, 0.25) is 0 Å². The number of hydrogen-bond acceptors (Lipinski definition) is 5. The van der Waals surface area contributed by atoms with Crippen LogP contribution in [0, 0.1) is 0 Å². The average molecular weight is 365 g/mol. The minimum atomic E-state index is -0.865. The maximum atomic E-state index is 12.5. The molecule has 0 bridgehead atoms. The van der Waals surface area contributed by atoms with Crippen LogP contribution in [0.3, 0.4) is 0 Å². The summed E-state index contributed by atoms with van der Waals surface area (Å²) in [5.74, 6) is -2.24. The summed E-state index contributed by atoms with van der Waals surface area (Å²) in [6.45, 7) is 3.69. The number of rotatable bonds is 3. The van der Waals surface area contributed by atoms with Crippen molar-refractivity contribution in [3.05, 3.63) is 69.6 Å².